The van der Waals surface area contributed by atoms with Gasteiger partial charge in [0.05, 0.1) is 11.3 Å². The number of thioether (sulfide) groups is 1. The van der Waals surface area contributed by atoms with Gasteiger partial charge in [0.1, 0.15) is 5.52 Å². The van der Waals surface area contributed by atoms with Crippen LogP contribution in [0, 0.1) is 6.92 Å². The van der Waals surface area contributed by atoms with Gasteiger partial charge in [-0.25, -0.2) is 4.98 Å². The van der Waals surface area contributed by atoms with E-state index in [-0.39, 0.29) is 11.5 Å². The van der Waals surface area contributed by atoms with Gasteiger partial charge < -0.3 is 9.88 Å². The van der Waals surface area contributed by atoms with Gasteiger partial charge in [-0.15, -0.1) is 0 Å². The molecule has 0 aromatic carbocycles. The molecule has 2 aromatic heterocycles. The van der Waals surface area contributed by atoms with Crippen molar-refractivity contribution in [2.45, 2.75) is 52.2 Å². The van der Waals surface area contributed by atoms with Crippen LogP contribution in [0.1, 0.15) is 39.3 Å². The highest BCUT2D eigenvalue weighted by molar-refractivity contribution is 7.99. The molecule has 24 heavy (non-hydrogen) atoms. The van der Waals surface area contributed by atoms with Crippen LogP contribution in [-0.2, 0) is 11.3 Å². The fourth-order valence-corrected chi connectivity index (χ4v) is 3.56. The van der Waals surface area contributed by atoms with Gasteiger partial charge in [0.2, 0.25) is 5.91 Å². The molecule has 0 bridgehead atoms. The molecule has 0 saturated heterocycles. The van der Waals surface area contributed by atoms with E-state index in [1.165, 1.54) is 11.8 Å². The maximum absolute atomic E-state index is 12.7. The largest absolute Gasteiger partial charge is 0.353 e. The Balaban J connectivity index is 2.32. The molecule has 0 aliphatic rings. The average Bonchev–Trinajstić information content (AvgIpc) is 2.94. The number of aryl methyl sites for hydroxylation is 1. The number of fused-ring (bicyclic) bond motifs is 1. The number of aromatic amines is 1. The first kappa shape index (κ1) is 18.6. The lowest BCUT2D eigenvalue weighted by atomic mass is 10.3. The van der Waals surface area contributed by atoms with Crippen LogP contribution in [-0.4, -0.2) is 44.2 Å². The summed E-state index contributed by atoms with van der Waals surface area (Å²) in [5.41, 5.74) is 2.07. The lowest BCUT2D eigenvalue weighted by Crippen LogP contribution is -2.32. The van der Waals surface area contributed by atoms with Gasteiger partial charge >= 0.3 is 0 Å². The first-order valence-corrected chi connectivity index (χ1v) is 9.51. The number of rotatable bonds is 8. The number of hydrogen-bond acceptors (Lipinski definition) is 4. The third-order valence-corrected chi connectivity index (χ3v) is 4.97. The molecule has 0 radical (unpaired) electrons. The smallest absolute Gasteiger partial charge is 0.278 e. The second-order valence-corrected chi connectivity index (χ2v) is 6.71. The molecule has 1 N–H and O–H groups in total. The van der Waals surface area contributed by atoms with Crippen molar-refractivity contribution >= 4 is 28.7 Å². The fourth-order valence-electron chi connectivity index (χ4n) is 2.63. The van der Waals surface area contributed by atoms with Gasteiger partial charge in [-0.2, -0.15) is 0 Å². The van der Waals surface area contributed by atoms with Gasteiger partial charge in [0.25, 0.3) is 5.56 Å². The molecule has 2 heterocycles. The quantitative estimate of drug-likeness (QED) is 0.587. The van der Waals surface area contributed by atoms with Crippen LogP contribution in [0.25, 0.3) is 11.0 Å². The zero-order valence-corrected chi connectivity index (χ0v) is 15.7. The Hall–Kier alpha value is -1.76. The lowest BCUT2D eigenvalue weighted by molar-refractivity contribution is -0.127. The number of nitrogens with one attached hydrogen (secondary N) is 1. The van der Waals surface area contributed by atoms with E-state index in [2.05, 4.69) is 16.9 Å². The lowest BCUT2D eigenvalue weighted by Gasteiger charge is -2.18. The minimum Gasteiger partial charge on any atom is -0.353 e. The molecule has 0 saturated carbocycles. The molecule has 0 aliphatic carbocycles. The monoisotopic (exact) mass is 350 g/mol. The molecule has 6 nitrogen and oxygen atoms in total. The summed E-state index contributed by atoms with van der Waals surface area (Å²) in [6.45, 7) is 9.95. The van der Waals surface area contributed by atoms with E-state index in [0.717, 1.165) is 18.5 Å². The van der Waals surface area contributed by atoms with Gasteiger partial charge in [-0.3, -0.25) is 14.2 Å². The molecule has 0 fully saturated rings. The maximum atomic E-state index is 12.7. The normalized spacial score (nSPS) is 11.2. The number of amides is 1. The average molecular weight is 350 g/mol. The number of aromatic nitrogens is 3. The summed E-state index contributed by atoms with van der Waals surface area (Å²) in [5, 5.41) is 0.625. The highest BCUT2D eigenvalue weighted by atomic mass is 32.2. The number of carbonyl (C=O) groups is 1. The summed E-state index contributed by atoms with van der Waals surface area (Å²) < 4.78 is 1.70. The Bertz CT molecular complexity index is 762. The summed E-state index contributed by atoms with van der Waals surface area (Å²) in [4.78, 5) is 34.5. The van der Waals surface area contributed by atoms with Crippen LogP contribution in [0.15, 0.2) is 16.0 Å². The van der Waals surface area contributed by atoms with Crippen molar-refractivity contribution in [2.75, 3.05) is 18.8 Å². The summed E-state index contributed by atoms with van der Waals surface area (Å²) in [5.74, 6) is 0.376. The number of H-pyrrole nitrogens is 1. The van der Waals surface area contributed by atoms with Crippen molar-refractivity contribution in [3.05, 3.63) is 22.1 Å². The Morgan fingerprint density at radius 2 is 2.04 bits per heavy atom. The van der Waals surface area contributed by atoms with Crippen molar-refractivity contribution in [2.24, 2.45) is 0 Å². The molecule has 2 rings (SSSR count). The van der Waals surface area contributed by atoms with E-state index in [1.54, 1.807) is 9.47 Å². The molecule has 2 aromatic rings. The molecule has 1 amide bonds. The molecular formula is C17H26N4O2S. The van der Waals surface area contributed by atoms with Crippen LogP contribution >= 0.6 is 11.8 Å². The van der Waals surface area contributed by atoms with Crippen molar-refractivity contribution in [3.8, 4) is 0 Å². The number of unbranched alkanes of at least 4 members (excludes halogenated alkanes) is 1. The van der Waals surface area contributed by atoms with E-state index in [0.29, 0.717) is 41.6 Å². The zero-order valence-electron chi connectivity index (χ0n) is 14.9. The van der Waals surface area contributed by atoms with Gasteiger partial charge in [-0.1, -0.05) is 25.1 Å². The SMILES string of the molecule is CCCCn1c(SCC(=O)N(CC)CC)nc2cc(C)[nH]c2c1=O. The highest BCUT2D eigenvalue weighted by Crippen LogP contribution is 2.19. The van der Waals surface area contributed by atoms with Crippen molar-refractivity contribution < 1.29 is 4.79 Å². The topological polar surface area (TPSA) is 71.0 Å². The predicted molar refractivity (Wildman–Crippen MR) is 98.7 cm³/mol. The molecule has 0 atom stereocenters. The van der Waals surface area contributed by atoms with Crippen LogP contribution in [0.5, 0.6) is 0 Å². The second-order valence-electron chi connectivity index (χ2n) is 5.77. The van der Waals surface area contributed by atoms with Gasteiger partial charge in [0.15, 0.2) is 5.16 Å². The van der Waals surface area contributed by atoms with Crippen LogP contribution in [0.2, 0.25) is 0 Å². The van der Waals surface area contributed by atoms with Crippen LogP contribution < -0.4 is 5.56 Å². The molecule has 0 spiro atoms. The second kappa shape index (κ2) is 8.37. The number of carbonyl (C=O) groups excluding carboxylic acids is 1. The predicted octanol–water partition coefficient (Wildman–Crippen LogP) is 2.79. The zero-order chi connectivity index (χ0) is 17.7. The summed E-state index contributed by atoms with van der Waals surface area (Å²) in [7, 11) is 0. The first-order chi connectivity index (χ1) is 11.5. The van der Waals surface area contributed by atoms with Crippen molar-refractivity contribution in [1.29, 1.82) is 0 Å². The summed E-state index contributed by atoms with van der Waals surface area (Å²) in [6.07, 6.45) is 1.90. The molecule has 0 aliphatic heterocycles. The number of nitrogens with zero attached hydrogens (tertiary/aromatic N) is 3. The maximum Gasteiger partial charge on any atom is 0.278 e. The third kappa shape index (κ3) is 4.01. The van der Waals surface area contributed by atoms with Crippen LogP contribution in [0.4, 0.5) is 0 Å². The highest BCUT2D eigenvalue weighted by Gasteiger charge is 2.16. The first-order valence-electron chi connectivity index (χ1n) is 8.52. The van der Waals surface area contributed by atoms with Gasteiger partial charge in [-0.05, 0) is 33.3 Å². The van der Waals surface area contributed by atoms with E-state index in [4.69, 9.17) is 0 Å². The summed E-state index contributed by atoms with van der Waals surface area (Å²) >= 11 is 1.35. The molecule has 132 valence electrons. The Morgan fingerprint density at radius 1 is 1.33 bits per heavy atom. The Labute approximate surface area is 146 Å². The van der Waals surface area contributed by atoms with Crippen molar-refractivity contribution in [3.63, 3.8) is 0 Å². The van der Waals surface area contributed by atoms with E-state index in [9.17, 15) is 9.59 Å². The van der Waals surface area contributed by atoms with E-state index >= 15 is 0 Å². The standard InChI is InChI=1S/C17H26N4O2S/c1-5-8-9-21-16(23)15-13(10-12(4)18-15)19-17(21)24-11-14(22)20(6-2)7-3/h10,18H,5-9,11H2,1-4H3. The van der Waals surface area contributed by atoms with Crippen molar-refractivity contribution in [1.82, 2.24) is 19.4 Å². The molecular weight excluding hydrogens is 324 g/mol. The summed E-state index contributed by atoms with van der Waals surface area (Å²) in [6, 6.07) is 1.87. The van der Waals surface area contributed by atoms with E-state index < -0.39 is 0 Å². The van der Waals surface area contributed by atoms with Crippen LogP contribution in [0.3, 0.4) is 0 Å². The Kier molecular flexibility index (Phi) is 6.48. The molecule has 0 unspecified atom stereocenters. The van der Waals surface area contributed by atoms with Gasteiger partial charge in [0, 0.05) is 25.3 Å². The minimum absolute atomic E-state index is 0.0562. The van der Waals surface area contributed by atoms with E-state index in [1.807, 2.05) is 26.8 Å². The third-order valence-electron chi connectivity index (χ3n) is 4.01. The minimum atomic E-state index is -0.0562. The fraction of sp³-hybridized carbons (Fsp3) is 0.588. The molecule has 7 heteroatoms. The Morgan fingerprint density at radius 3 is 2.67 bits per heavy atom. The number of hydrogen-bond donors (Lipinski definition) is 1.